The minimum absolute atomic E-state index is 0.00146. The largest absolute Gasteiger partial charge is 0.351 e. The molecule has 0 atom stereocenters. The second-order valence-electron chi connectivity index (χ2n) is 6.49. The molecular formula is C19H23N3O2S2. The molecule has 0 saturated carbocycles. The zero-order valence-corrected chi connectivity index (χ0v) is 16.7. The number of aryl methyl sites for hydroxylation is 1. The third-order valence-electron chi connectivity index (χ3n) is 4.60. The topological polar surface area (TPSA) is 62.3 Å². The van der Waals surface area contributed by atoms with E-state index in [9.17, 15) is 9.59 Å². The second-order valence-corrected chi connectivity index (χ2v) is 8.20. The summed E-state index contributed by atoms with van der Waals surface area (Å²) in [6.45, 7) is 4.10. The smallest absolute Gasteiger partial charge is 0.261 e. The molecule has 1 aliphatic rings. The monoisotopic (exact) mass is 389 g/mol. The summed E-state index contributed by atoms with van der Waals surface area (Å²) in [5, 5.41) is 5.79. The van der Waals surface area contributed by atoms with Crippen LogP contribution in [-0.4, -0.2) is 47.6 Å². The molecule has 5 nitrogen and oxygen atoms in total. The highest BCUT2D eigenvalue weighted by molar-refractivity contribution is 7.98. The lowest BCUT2D eigenvalue weighted by atomic mass is 9.96. The number of carbonyl (C=O) groups excluding carboxylic acids is 2. The van der Waals surface area contributed by atoms with Crippen LogP contribution in [0.4, 0.5) is 0 Å². The summed E-state index contributed by atoms with van der Waals surface area (Å²) in [5.41, 5.74) is 1.80. The molecule has 7 heteroatoms. The number of rotatable bonds is 5. The highest BCUT2D eigenvalue weighted by Gasteiger charge is 2.25. The van der Waals surface area contributed by atoms with Gasteiger partial charge in [0.15, 0.2) is 0 Å². The molecule has 1 N–H and O–H groups in total. The maximum atomic E-state index is 12.7. The Hall–Kier alpha value is -1.86. The molecule has 0 unspecified atom stereocenters. The summed E-state index contributed by atoms with van der Waals surface area (Å²) >= 11 is 2.97. The van der Waals surface area contributed by atoms with Gasteiger partial charge in [0.25, 0.3) is 11.8 Å². The molecule has 138 valence electrons. The first kappa shape index (κ1) is 18.9. The Kier molecular flexibility index (Phi) is 6.32. The molecule has 1 saturated heterocycles. The third-order valence-corrected chi connectivity index (χ3v) is 6.36. The van der Waals surface area contributed by atoms with Gasteiger partial charge in [0.05, 0.1) is 10.4 Å². The van der Waals surface area contributed by atoms with E-state index >= 15 is 0 Å². The van der Waals surface area contributed by atoms with E-state index in [4.69, 9.17) is 0 Å². The van der Waals surface area contributed by atoms with Crippen LogP contribution in [0.3, 0.4) is 0 Å². The molecule has 0 bridgehead atoms. The minimum Gasteiger partial charge on any atom is -0.351 e. The van der Waals surface area contributed by atoms with Gasteiger partial charge in [-0.1, -0.05) is 0 Å². The SMILES string of the molecule is CSc1ncccc1C(=O)N1CCC(CNC(=O)c2cc(C)cs2)CC1. The molecule has 1 fully saturated rings. The quantitative estimate of drug-likeness (QED) is 0.796. The molecule has 1 aliphatic heterocycles. The summed E-state index contributed by atoms with van der Waals surface area (Å²) < 4.78 is 0. The fourth-order valence-corrected chi connectivity index (χ4v) is 4.46. The van der Waals surface area contributed by atoms with Crippen molar-refractivity contribution in [1.82, 2.24) is 15.2 Å². The number of amides is 2. The van der Waals surface area contributed by atoms with E-state index in [1.165, 1.54) is 23.1 Å². The summed E-state index contributed by atoms with van der Waals surface area (Å²) in [5.74, 6) is 0.471. The third kappa shape index (κ3) is 4.45. The van der Waals surface area contributed by atoms with Crippen molar-refractivity contribution in [1.29, 1.82) is 0 Å². The lowest BCUT2D eigenvalue weighted by molar-refractivity contribution is 0.0680. The molecule has 26 heavy (non-hydrogen) atoms. The summed E-state index contributed by atoms with van der Waals surface area (Å²) in [6.07, 6.45) is 5.46. The summed E-state index contributed by atoms with van der Waals surface area (Å²) in [7, 11) is 0. The fraction of sp³-hybridized carbons (Fsp3) is 0.421. The zero-order chi connectivity index (χ0) is 18.5. The summed E-state index contributed by atoms with van der Waals surface area (Å²) in [6, 6.07) is 5.57. The molecule has 3 heterocycles. The lowest BCUT2D eigenvalue weighted by Gasteiger charge is -2.32. The predicted molar refractivity (Wildman–Crippen MR) is 106 cm³/mol. The summed E-state index contributed by atoms with van der Waals surface area (Å²) in [4.78, 5) is 31.8. The average molecular weight is 390 g/mol. The second kappa shape index (κ2) is 8.68. The number of hydrogen-bond donors (Lipinski definition) is 1. The number of likely N-dealkylation sites (tertiary alicyclic amines) is 1. The lowest BCUT2D eigenvalue weighted by Crippen LogP contribution is -2.41. The van der Waals surface area contributed by atoms with E-state index in [1.54, 1.807) is 6.20 Å². The number of nitrogens with one attached hydrogen (secondary N) is 1. The van der Waals surface area contributed by atoms with Gasteiger partial charge in [-0.05, 0) is 61.1 Å². The van der Waals surface area contributed by atoms with E-state index in [0.717, 1.165) is 41.4 Å². The van der Waals surface area contributed by atoms with Gasteiger partial charge in [0, 0.05) is 25.8 Å². The molecule has 2 aromatic heterocycles. The Morgan fingerprint density at radius 3 is 2.81 bits per heavy atom. The number of piperidine rings is 1. The van der Waals surface area contributed by atoms with Gasteiger partial charge >= 0.3 is 0 Å². The van der Waals surface area contributed by atoms with Gasteiger partial charge in [-0.15, -0.1) is 23.1 Å². The Morgan fingerprint density at radius 1 is 1.38 bits per heavy atom. The van der Waals surface area contributed by atoms with Gasteiger partial charge < -0.3 is 10.2 Å². The Labute approximate surface area is 162 Å². The normalized spacial score (nSPS) is 15.1. The van der Waals surface area contributed by atoms with Gasteiger partial charge in [-0.25, -0.2) is 4.98 Å². The Balaban J connectivity index is 1.49. The standard InChI is InChI=1S/C19H23N3O2S2/c1-13-10-16(26-12-13)17(23)21-11-14-5-8-22(9-6-14)19(24)15-4-3-7-20-18(15)25-2/h3-4,7,10,12,14H,5-6,8-9,11H2,1-2H3,(H,21,23). The molecule has 3 rings (SSSR count). The van der Waals surface area contributed by atoms with Crippen molar-refractivity contribution in [3.05, 3.63) is 45.8 Å². The van der Waals surface area contributed by atoms with Crippen molar-refractivity contribution in [3.8, 4) is 0 Å². The van der Waals surface area contributed by atoms with Gasteiger partial charge in [-0.2, -0.15) is 0 Å². The van der Waals surface area contributed by atoms with E-state index in [2.05, 4.69) is 10.3 Å². The number of thioether (sulfide) groups is 1. The molecule has 0 aromatic carbocycles. The molecule has 0 spiro atoms. The highest BCUT2D eigenvalue weighted by Crippen LogP contribution is 2.23. The first-order chi connectivity index (χ1) is 12.6. The van der Waals surface area contributed by atoms with Crippen molar-refractivity contribution in [2.45, 2.75) is 24.8 Å². The molecule has 0 aliphatic carbocycles. The number of carbonyl (C=O) groups is 2. The van der Waals surface area contributed by atoms with Crippen LogP contribution in [0.2, 0.25) is 0 Å². The predicted octanol–water partition coefficient (Wildman–Crippen LogP) is 3.46. The number of aromatic nitrogens is 1. The number of thiophene rings is 1. The minimum atomic E-state index is 0.00146. The first-order valence-corrected chi connectivity index (χ1v) is 10.8. The van der Waals surface area contributed by atoms with Gasteiger partial charge in [0.2, 0.25) is 0 Å². The van der Waals surface area contributed by atoms with Crippen LogP contribution in [0, 0.1) is 12.8 Å². The van der Waals surface area contributed by atoms with E-state index < -0.39 is 0 Å². The van der Waals surface area contributed by atoms with Gasteiger partial charge in [0.1, 0.15) is 5.03 Å². The van der Waals surface area contributed by atoms with E-state index in [0.29, 0.717) is 18.0 Å². The average Bonchev–Trinajstić information content (AvgIpc) is 3.12. The van der Waals surface area contributed by atoms with Crippen molar-refractivity contribution in [2.75, 3.05) is 25.9 Å². The molecular weight excluding hydrogens is 366 g/mol. The van der Waals surface area contributed by atoms with Crippen molar-refractivity contribution in [3.63, 3.8) is 0 Å². The number of pyridine rings is 1. The number of nitrogens with zero attached hydrogens (tertiary/aromatic N) is 2. The van der Waals surface area contributed by atoms with Crippen LogP contribution in [0.25, 0.3) is 0 Å². The molecule has 2 amide bonds. The van der Waals surface area contributed by atoms with Crippen LogP contribution in [0.15, 0.2) is 34.8 Å². The molecule has 2 aromatic rings. The van der Waals surface area contributed by atoms with Crippen molar-refractivity contribution < 1.29 is 9.59 Å². The van der Waals surface area contributed by atoms with Crippen molar-refractivity contribution >= 4 is 34.9 Å². The van der Waals surface area contributed by atoms with Crippen LogP contribution in [0.1, 0.15) is 38.4 Å². The fourth-order valence-electron chi connectivity index (χ4n) is 3.10. The maximum absolute atomic E-state index is 12.7. The van der Waals surface area contributed by atoms with E-state index in [-0.39, 0.29) is 11.8 Å². The van der Waals surface area contributed by atoms with E-state index in [1.807, 2.05) is 41.7 Å². The Morgan fingerprint density at radius 2 is 2.15 bits per heavy atom. The maximum Gasteiger partial charge on any atom is 0.261 e. The first-order valence-electron chi connectivity index (χ1n) is 8.70. The van der Waals surface area contributed by atoms with Crippen molar-refractivity contribution in [2.24, 2.45) is 5.92 Å². The van der Waals surface area contributed by atoms with Crippen LogP contribution < -0.4 is 5.32 Å². The highest BCUT2D eigenvalue weighted by atomic mass is 32.2. The Bertz CT molecular complexity index is 783. The van der Waals surface area contributed by atoms with Gasteiger partial charge in [-0.3, -0.25) is 9.59 Å². The van der Waals surface area contributed by atoms with Crippen LogP contribution in [-0.2, 0) is 0 Å². The van der Waals surface area contributed by atoms with Crippen LogP contribution in [0.5, 0.6) is 0 Å². The van der Waals surface area contributed by atoms with Crippen LogP contribution >= 0.6 is 23.1 Å². The molecule has 0 radical (unpaired) electrons. The zero-order valence-electron chi connectivity index (χ0n) is 15.0. The number of hydrogen-bond acceptors (Lipinski definition) is 5.